The molecule has 0 amide bonds. The average molecular weight is 261 g/mol. The van der Waals surface area contributed by atoms with Gasteiger partial charge in [-0.1, -0.05) is 30.3 Å². The first kappa shape index (κ1) is 11.1. The van der Waals surface area contributed by atoms with Crippen molar-refractivity contribution in [2.24, 2.45) is 0 Å². The van der Waals surface area contributed by atoms with Gasteiger partial charge in [-0.2, -0.15) is 0 Å². The molecule has 0 atom stereocenters. The number of fused-ring (bicyclic) bond motifs is 3. The van der Waals surface area contributed by atoms with Crippen molar-refractivity contribution >= 4 is 22.1 Å². The summed E-state index contributed by atoms with van der Waals surface area (Å²) in [6, 6.07) is 17.3. The van der Waals surface area contributed by atoms with E-state index in [2.05, 4.69) is 4.98 Å². The fourth-order valence-electron chi connectivity index (χ4n) is 2.48. The van der Waals surface area contributed by atoms with E-state index < -0.39 is 0 Å². The molecule has 0 spiro atoms. The number of hydrogen-bond donors (Lipinski definition) is 1. The Bertz CT molecular complexity index is 910. The number of aromatic nitrogens is 1. The molecule has 0 aliphatic carbocycles. The quantitative estimate of drug-likeness (QED) is 0.554. The Kier molecular flexibility index (Phi) is 2.27. The minimum Gasteiger partial charge on any atom is -0.504 e. The molecule has 1 N–H and O–H groups in total. The molecule has 2 heterocycles. The molecule has 2 aromatic carbocycles. The van der Waals surface area contributed by atoms with Crippen LogP contribution in [0.3, 0.4) is 0 Å². The topological polar surface area (TPSA) is 46.3 Å². The van der Waals surface area contributed by atoms with E-state index in [0.717, 1.165) is 22.0 Å². The molecule has 0 bridgehead atoms. The first-order chi connectivity index (χ1) is 9.83. The highest BCUT2D eigenvalue weighted by atomic mass is 16.4. The molecule has 0 radical (unpaired) electrons. The highest BCUT2D eigenvalue weighted by Crippen LogP contribution is 2.36. The number of aromatic hydroxyl groups is 1. The Hall–Kier alpha value is -2.81. The molecule has 0 unspecified atom stereocenters. The third-order valence-corrected chi connectivity index (χ3v) is 3.41. The average Bonchev–Trinajstić information content (AvgIpc) is 2.88. The number of pyridine rings is 1. The molecule has 4 aromatic rings. The Morgan fingerprint density at radius 3 is 2.60 bits per heavy atom. The molecule has 20 heavy (non-hydrogen) atoms. The number of rotatable bonds is 1. The summed E-state index contributed by atoms with van der Waals surface area (Å²) in [4.78, 5) is 4.34. The summed E-state index contributed by atoms with van der Waals surface area (Å²) in [6.45, 7) is 0. The van der Waals surface area contributed by atoms with Gasteiger partial charge in [0.2, 0.25) is 0 Å². The summed E-state index contributed by atoms with van der Waals surface area (Å²) in [7, 11) is 0. The van der Waals surface area contributed by atoms with Crippen LogP contribution in [0.2, 0.25) is 0 Å². The summed E-state index contributed by atoms with van der Waals surface area (Å²) in [6.07, 6.45) is 1.73. The van der Waals surface area contributed by atoms with Crippen LogP contribution in [0.25, 0.3) is 33.2 Å². The van der Waals surface area contributed by atoms with E-state index in [1.165, 1.54) is 0 Å². The molecular weight excluding hydrogens is 250 g/mol. The maximum atomic E-state index is 10.2. The molecule has 0 saturated heterocycles. The highest BCUT2D eigenvalue weighted by Gasteiger charge is 2.13. The lowest BCUT2D eigenvalue weighted by molar-refractivity contribution is 0.469. The zero-order valence-electron chi connectivity index (χ0n) is 10.6. The van der Waals surface area contributed by atoms with E-state index in [4.69, 9.17) is 4.42 Å². The third-order valence-electron chi connectivity index (χ3n) is 3.41. The first-order valence-electron chi connectivity index (χ1n) is 6.38. The van der Waals surface area contributed by atoms with Crippen LogP contribution in [-0.2, 0) is 0 Å². The summed E-state index contributed by atoms with van der Waals surface area (Å²) in [5, 5.41) is 11.0. The van der Waals surface area contributed by atoms with Crippen LogP contribution in [0.5, 0.6) is 5.75 Å². The molecule has 0 saturated carbocycles. The minimum atomic E-state index is 0.138. The zero-order valence-corrected chi connectivity index (χ0v) is 10.6. The number of furan rings is 1. The number of hydrogen-bond acceptors (Lipinski definition) is 3. The third kappa shape index (κ3) is 1.57. The van der Waals surface area contributed by atoms with Crippen molar-refractivity contribution < 1.29 is 9.52 Å². The van der Waals surface area contributed by atoms with Crippen molar-refractivity contribution in [2.45, 2.75) is 0 Å². The van der Waals surface area contributed by atoms with Gasteiger partial charge in [-0.25, -0.2) is 0 Å². The molecule has 0 aliphatic heterocycles. The zero-order chi connectivity index (χ0) is 13.5. The van der Waals surface area contributed by atoms with E-state index in [1.807, 2.05) is 48.5 Å². The van der Waals surface area contributed by atoms with Gasteiger partial charge in [0.1, 0.15) is 5.52 Å². The second-order valence-electron chi connectivity index (χ2n) is 4.69. The number of benzene rings is 2. The van der Waals surface area contributed by atoms with Crippen LogP contribution in [0.1, 0.15) is 0 Å². The van der Waals surface area contributed by atoms with Gasteiger partial charge in [0.25, 0.3) is 0 Å². The van der Waals surface area contributed by atoms with Gasteiger partial charge in [0.15, 0.2) is 16.9 Å². The smallest absolute Gasteiger partial charge is 0.178 e. The van der Waals surface area contributed by atoms with Gasteiger partial charge in [-0.3, -0.25) is 4.98 Å². The molecular formula is C17H11NO2. The predicted octanol–water partition coefficient (Wildman–Crippen LogP) is 4.35. The molecule has 3 heteroatoms. The van der Waals surface area contributed by atoms with Crippen molar-refractivity contribution in [3.05, 3.63) is 60.8 Å². The summed E-state index contributed by atoms with van der Waals surface area (Å²) in [5.41, 5.74) is 3.94. The van der Waals surface area contributed by atoms with Crippen LogP contribution >= 0.6 is 0 Å². The van der Waals surface area contributed by atoms with Crippen LogP contribution in [0.15, 0.2) is 65.2 Å². The lowest BCUT2D eigenvalue weighted by atomic mass is 10.0. The highest BCUT2D eigenvalue weighted by molar-refractivity contribution is 6.06. The lowest BCUT2D eigenvalue weighted by Crippen LogP contribution is -1.78. The van der Waals surface area contributed by atoms with Gasteiger partial charge in [-0.05, 0) is 35.4 Å². The van der Waals surface area contributed by atoms with Crippen LogP contribution in [0.4, 0.5) is 0 Å². The lowest BCUT2D eigenvalue weighted by Gasteiger charge is -2.02. The minimum absolute atomic E-state index is 0.138. The predicted molar refractivity (Wildman–Crippen MR) is 78.6 cm³/mol. The van der Waals surface area contributed by atoms with E-state index in [0.29, 0.717) is 11.2 Å². The molecule has 2 aromatic heterocycles. The summed E-state index contributed by atoms with van der Waals surface area (Å²) >= 11 is 0. The van der Waals surface area contributed by atoms with E-state index >= 15 is 0 Å². The number of phenolic OH excluding ortho intramolecular Hbond substituents is 1. The molecule has 96 valence electrons. The normalized spacial score (nSPS) is 11.2. The fourth-order valence-corrected chi connectivity index (χ4v) is 2.48. The largest absolute Gasteiger partial charge is 0.504 e. The van der Waals surface area contributed by atoms with Crippen molar-refractivity contribution in [3.63, 3.8) is 0 Å². The number of nitrogens with zero attached hydrogens (tertiary/aromatic N) is 1. The van der Waals surface area contributed by atoms with Crippen LogP contribution in [-0.4, -0.2) is 10.1 Å². The van der Waals surface area contributed by atoms with Crippen molar-refractivity contribution in [3.8, 4) is 16.9 Å². The SMILES string of the molecule is Oc1cc(-c2ccccc2)cc2c1oc1cccnc12. The van der Waals surface area contributed by atoms with E-state index in [9.17, 15) is 5.11 Å². The van der Waals surface area contributed by atoms with Gasteiger partial charge >= 0.3 is 0 Å². The van der Waals surface area contributed by atoms with Crippen molar-refractivity contribution in [1.82, 2.24) is 4.98 Å². The molecule has 3 nitrogen and oxygen atoms in total. The van der Waals surface area contributed by atoms with Crippen LogP contribution in [0, 0.1) is 0 Å². The second-order valence-corrected chi connectivity index (χ2v) is 4.69. The van der Waals surface area contributed by atoms with E-state index in [-0.39, 0.29) is 5.75 Å². The maximum Gasteiger partial charge on any atom is 0.178 e. The molecule has 4 rings (SSSR count). The summed E-state index contributed by atoms with van der Waals surface area (Å²) in [5.74, 6) is 0.138. The fraction of sp³-hybridized carbons (Fsp3) is 0. The van der Waals surface area contributed by atoms with Crippen LogP contribution < -0.4 is 0 Å². The maximum absolute atomic E-state index is 10.2. The Morgan fingerprint density at radius 2 is 1.75 bits per heavy atom. The first-order valence-corrected chi connectivity index (χ1v) is 6.38. The Labute approximate surface area is 115 Å². The monoisotopic (exact) mass is 261 g/mol. The standard InChI is InChI=1S/C17H11NO2/c19-14-10-12(11-5-2-1-3-6-11)9-13-16-15(20-17(13)14)7-4-8-18-16/h1-10,19H. The van der Waals surface area contributed by atoms with Gasteiger partial charge in [0.05, 0.1) is 5.39 Å². The summed E-state index contributed by atoms with van der Waals surface area (Å²) < 4.78 is 5.66. The Balaban J connectivity index is 2.08. The van der Waals surface area contributed by atoms with E-state index in [1.54, 1.807) is 12.3 Å². The number of phenols is 1. The van der Waals surface area contributed by atoms with Crippen molar-refractivity contribution in [1.29, 1.82) is 0 Å². The molecule has 0 fully saturated rings. The van der Waals surface area contributed by atoms with Gasteiger partial charge in [0, 0.05) is 6.20 Å². The second kappa shape index (κ2) is 4.10. The van der Waals surface area contributed by atoms with Gasteiger partial charge < -0.3 is 9.52 Å². The molecule has 0 aliphatic rings. The van der Waals surface area contributed by atoms with Crippen molar-refractivity contribution in [2.75, 3.05) is 0 Å². The Morgan fingerprint density at radius 1 is 0.900 bits per heavy atom. The van der Waals surface area contributed by atoms with Gasteiger partial charge in [-0.15, -0.1) is 0 Å².